The van der Waals surface area contributed by atoms with E-state index in [1.807, 2.05) is 11.6 Å². The third-order valence-electron chi connectivity index (χ3n) is 3.52. The summed E-state index contributed by atoms with van der Waals surface area (Å²) in [6, 6.07) is 7.90. The lowest BCUT2D eigenvalue weighted by molar-refractivity contribution is 0.485. The van der Waals surface area contributed by atoms with Gasteiger partial charge in [0.15, 0.2) is 0 Å². The van der Waals surface area contributed by atoms with Gasteiger partial charge in [0.05, 0.1) is 11.1 Å². The van der Waals surface area contributed by atoms with Crippen molar-refractivity contribution in [1.82, 2.24) is 4.72 Å². The number of hydrogen-bond acceptors (Lipinski definition) is 4. The minimum Gasteiger partial charge on any atom is -0.277 e. The first-order valence-electron chi connectivity index (χ1n) is 8.49. The molecule has 0 aliphatic rings. The van der Waals surface area contributed by atoms with Crippen LogP contribution >= 0.6 is 0 Å². The molecular weight excluding hydrogens is 422 g/mol. The number of rotatable bonds is 6. The van der Waals surface area contributed by atoms with Crippen molar-refractivity contribution in [2.45, 2.75) is 38.1 Å². The Balaban J connectivity index is 2.36. The number of sulfonamides is 2. The van der Waals surface area contributed by atoms with Crippen molar-refractivity contribution in [2.24, 2.45) is 0 Å². The van der Waals surface area contributed by atoms with Crippen molar-refractivity contribution in [2.75, 3.05) is 4.72 Å². The predicted octanol–water partition coefficient (Wildman–Crippen LogP) is 3.76. The third-order valence-corrected chi connectivity index (χ3v) is 6.29. The summed E-state index contributed by atoms with van der Waals surface area (Å²) in [5, 5.41) is 0.808. The summed E-state index contributed by atoms with van der Waals surface area (Å²) >= 11 is 0. The predicted molar refractivity (Wildman–Crippen MR) is 109 cm³/mol. The van der Waals surface area contributed by atoms with E-state index in [1.54, 1.807) is 45.0 Å². The molecule has 2 aromatic rings. The summed E-state index contributed by atoms with van der Waals surface area (Å²) in [4.78, 5) is -0.867. The maximum absolute atomic E-state index is 14.1. The molecule has 0 unspecified atom stereocenters. The van der Waals surface area contributed by atoms with Gasteiger partial charge in [-0.2, -0.15) is 0 Å². The molecule has 0 amide bonds. The zero-order valence-corrected chi connectivity index (χ0v) is 18.0. The van der Waals surface area contributed by atoms with Gasteiger partial charge in [-0.05, 0) is 45.4 Å². The highest BCUT2D eigenvalue weighted by Crippen LogP contribution is 2.25. The molecule has 2 rings (SSSR count). The van der Waals surface area contributed by atoms with Gasteiger partial charge in [-0.25, -0.2) is 30.3 Å². The molecule has 0 fully saturated rings. The number of benzene rings is 2. The van der Waals surface area contributed by atoms with Crippen LogP contribution in [0, 0.1) is 18.6 Å². The molecule has 10 heteroatoms. The van der Waals surface area contributed by atoms with Crippen molar-refractivity contribution >= 4 is 31.8 Å². The van der Waals surface area contributed by atoms with Gasteiger partial charge in [0.1, 0.15) is 16.5 Å². The number of anilines is 1. The van der Waals surface area contributed by atoms with E-state index in [9.17, 15) is 25.6 Å². The standard InChI is InChI=1S/C19H22F2N2O4S2/c1-13-5-7-14(8-6-13)9-10-28(24,25)22-17-12-18(16(21)11-15(17)20)29(26,27)23-19(2,3)4/h5-12,22-23H,1-4H3/b10-9+. The summed E-state index contributed by atoms with van der Waals surface area (Å²) < 4.78 is 81.6. The van der Waals surface area contributed by atoms with E-state index >= 15 is 0 Å². The maximum atomic E-state index is 14.1. The van der Waals surface area contributed by atoms with E-state index in [1.165, 1.54) is 6.08 Å². The van der Waals surface area contributed by atoms with Gasteiger partial charge in [-0.1, -0.05) is 29.8 Å². The topological polar surface area (TPSA) is 92.3 Å². The van der Waals surface area contributed by atoms with Gasteiger partial charge in [-0.3, -0.25) is 4.72 Å². The normalized spacial score (nSPS) is 13.0. The van der Waals surface area contributed by atoms with E-state index in [2.05, 4.69) is 4.72 Å². The average Bonchev–Trinajstić information content (AvgIpc) is 2.54. The zero-order chi connectivity index (χ0) is 22.0. The first-order chi connectivity index (χ1) is 13.2. The van der Waals surface area contributed by atoms with Crippen LogP contribution in [-0.4, -0.2) is 22.4 Å². The van der Waals surface area contributed by atoms with Gasteiger partial charge < -0.3 is 0 Å². The van der Waals surface area contributed by atoms with E-state index in [0.717, 1.165) is 11.0 Å². The van der Waals surface area contributed by atoms with Crippen LogP contribution in [0.15, 0.2) is 46.7 Å². The first-order valence-corrected chi connectivity index (χ1v) is 11.5. The fourth-order valence-corrected chi connectivity index (χ4v) is 4.68. The van der Waals surface area contributed by atoms with Gasteiger partial charge >= 0.3 is 0 Å². The lowest BCUT2D eigenvalue weighted by Crippen LogP contribution is -2.40. The first kappa shape index (κ1) is 23.0. The van der Waals surface area contributed by atoms with Crippen molar-refractivity contribution in [1.29, 1.82) is 0 Å². The van der Waals surface area contributed by atoms with Crippen molar-refractivity contribution < 1.29 is 25.6 Å². The van der Waals surface area contributed by atoms with Crippen LogP contribution in [0.3, 0.4) is 0 Å². The van der Waals surface area contributed by atoms with Crippen LogP contribution in [0.1, 0.15) is 31.9 Å². The molecule has 6 nitrogen and oxygen atoms in total. The Kier molecular flexibility index (Phi) is 6.51. The number of hydrogen-bond donors (Lipinski definition) is 2. The fourth-order valence-electron chi connectivity index (χ4n) is 2.30. The highest BCUT2D eigenvalue weighted by molar-refractivity contribution is 7.95. The third kappa shape index (κ3) is 6.62. The van der Waals surface area contributed by atoms with Gasteiger partial charge in [0, 0.05) is 11.6 Å². The Bertz CT molecular complexity index is 1140. The van der Waals surface area contributed by atoms with Crippen molar-refractivity contribution in [3.63, 3.8) is 0 Å². The van der Waals surface area contributed by atoms with Crippen LogP contribution < -0.4 is 9.44 Å². The number of halogens is 2. The van der Waals surface area contributed by atoms with Crippen LogP contribution in [0.2, 0.25) is 0 Å². The highest BCUT2D eigenvalue weighted by atomic mass is 32.2. The molecule has 2 aromatic carbocycles. The quantitative estimate of drug-likeness (QED) is 0.710. The highest BCUT2D eigenvalue weighted by Gasteiger charge is 2.27. The molecule has 0 saturated carbocycles. The van der Waals surface area contributed by atoms with Crippen molar-refractivity contribution in [3.8, 4) is 0 Å². The second-order valence-electron chi connectivity index (χ2n) is 7.48. The summed E-state index contributed by atoms with van der Waals surface area (Å²) in [5.41, 5.74) is -0.0163. The monoisotopic (exact) mass is 444 g/mol. The number of nitrogens with one attached hydrogen (secondary N) is 2. The Hall–Kier alpha value is -2.30. The van der Waals surface area contributed by atoms with Crippen LogP contribution in [-0.2, 0) is 20.0 Å². The molecule has 0 heterocycles. The SMILES string of the molecule is Cc1ccc(/C=C/S(=O)(=O)Nc2cc(S(=O)(=O)NC(C)(C)C)c(F)cc2F)cc1. The molecule has 0 aliphatic heterocycles. The molecule has 0 aliphatic carbocycles. The second-order valence-corrected chi connectivity index (χ2v) is 10.7. The average molecular weight is 445 g/mol. The second kappa shape index (κ2) is 8.21. The summed E-state index contributed by atoms with van der Waals surface area (Å²) in [7, 11) is -8.53. The van der Waals surface area contributed by atoms with Crippen LogP contribution in [0.5, 0.6) is 0 Å². The van der Waals surface area contributed by atoms with E-state index in [4.69, 9.17) is 0 Å². The van der Waals surface area contributed by atoms with Gasteiger partial charge in [0.25, 0.3) is 10.0 Å². The van der Waals surface area contributed by atoms with E-state index in [0.29, 0.717) is 17.7 Å². The van der Waals surface area contributed by atoms with Crippen LogP contribution in [0.4, 0.5) is 14.5 Å². The van der Waals surface area contributed by atoms with Crippen LogP contribution in [0.25, 0.3) is 6.08 Å². The Labute approximate surface area is 169 Å². The lowest BCUT2D eigenvalue weighted by Gasteiger charge is -2.21. The Morgan fingerprint density at radius 1 is 0.931 bits per heavy atom. The molecule has 0 radical (unpaired) electrons. The fraction of sp³-hybridized carbons (Fsp3) is 0.263. The molecule has 29 heavy (non-hydrogen) atoms. The summed E-state index contributed by atoms with van der Waals surface area (Å²) in [5.74, 6) is -2.58. The molecule has 0 saturated heterocycles. The molecule has 158 valence electrons. The molecule has 0 aromatic heterocycles. The molecule has 0 bridgehead atoms. The largest absolute Gasteiger partial charge is 0.277 e. The van der Waals surface area contributed by atoms with Gasteiger partial charge in [0.2, 0.25) is 10.0 Å². The molecule has 0 atom stereocenters. The minimum absolute atomic E-state index is 0.318. The minimum atomic E-state index is -4.35. The molecular formula is C19H22F2N2O4S2. The molecule has 0 spiro atoms. The smallest absolute Gasteiger partial charge is 0.255 e. The van der Waals surface area contributed by atoms with E-state index < -0.39 is 47.8 Å². The van der Waals surface area contributed by atoms with Gasteiger partial charge in [-0.15, -0.1) is 0 Å². The maximum Gasteiger partial charge on any atom is 0.255 e. The molecule has 2 N–H and O–H groups in total. The number of aryl methyl sites for hydroxylation is 1. The lowest BCUT2D eigenvalue weighted by atomic mass is 10.1. The summed E-state index contributed by atoms with van der Waals surface area (Å²) in [6.07, 6.45) is 1.29. The zero-order valence-electron chi connectivity index (χ0n) is 16.3. The summed E-state index contributed by atoms with van der Waals surface area (Å²) in [6.45, 7) is 6.52. The Morgan fingerprint density at radius 2 is 1.52 bits per heavy atom. The Morgan fingerprint density at radius 3 is 2.07 bits per heavy atom. The van der Waals surface area contributed by atoms with E-state index in [-0.39, 0.29) is 0 Å². The van der Waals surface area contributed by atoms with Crippen molar-refractivity contribution in [3.05, 3.63) is 64.6 Å².